The van der Waals surface area contributed by atoms with Crippen LogP contribution >= 0.6 is 15.9 Å². The van der Waals surface area contributed by atoms with Crippen LogP contribution in [-0.4, -0.2) is 29.2 Å². The smallest absolute Gasteiger partial charge is 0.223 e. The van der Waals surface area contributed by atoms with Crippen LogP contribution in [0.4, 0.5) is 10.3 Å². The molecular formula is C11H9BrFN3O. The summed E-state index contributed by atoms with van der Waals surface area (Å²) < 4.78 is 19.2. The van der Waals surface area contributed by atoms with Gasteiger partial charge in [-0.2, -0.15) is 0 Å². The van der Waals surface area contributed by atoms with Gasteiger partial charge in [0.05, 0.1) is 34.6 Å². The first-order chi connectivity index (χ1) is 8.24. The van der Waals surface area contributed by atoms with Crippen molar-refractivity contribution in [1.29, 1.82) is 0 Å². The monoisotopic (exact) mass is 297 g/mol. The number of hydrogen-bond acceptors (Lipinski definition) is 4. The minimum absolute atomic E-state index is 0.257. The van der Waals surface area contributed by atoms with Gasteiger partial charge in [0.1, 0.15) is 5.82 Å². The van der Waals surface area contributed by atoms with E-state index in [2.05, 4.69) is 31.2 Å². The number of benzene rings is 1. The summed E-state index contributed by atoms with van der Waals surface area (Å²) in [6.07, 6.45) is 1.49. The molecule has 0 unspecified atom stereocenters. The van der Waals surface area contributed by atoms with Crippen LogP contribution < -0.4 is 5.32 Å². The second-order valence-corrected chi connectivity index (χ2v) is 4.72. The Morgan fingerprint density at radius 2 is 2.24 bits per heavy atom. The van der Waals surface area contributed by atoms with Crippen LogP contribution in [0, 0.1) is 5.82 Å². The summed E-state index contributed by atoms with van der Waals surface area (Å²) >= 11 is 3.13. The van der Waals surface area contributed by atoms with E-state index in [0.29, 0.717) is 34.5 Å². The van der Waals surface area contributed by atoms with Gasteiger partial charge >= 0.3 is 0 Å². The molecule has 0 aliphatic carbocycles. The van der Waals surface area contributed by atoms with Crippen molar-refractivity contribution in [3.63, 3.8) is 0 Å². The van der Waals surface area contributed by atoms with Gasteiger partial charge in [-0.15, -0.1) is 0 Å². The summed E-state index contributed by atoms with van der Waals surface area (Å²) in [6, 6.07) is 3.65. The first-order valence-electron chi connectivity index (χ1n) is 5.19. The zero-order valence-electron chi connectivity index (χ0n) is 8.78. The zero-order valence-corrected chi connectivity index (χ0v) is 10.4. The number of aromatic nitrogens is 2. The third kappa shape index (κ3) is 1.98. The summed E-state index contributed by atoms with van der Waals surface area (Å²) in [7, 11) is 0. The summed E-state index contributed by atoms with van der Waals surface area (Å²) in [4.78, 5) is 8.35. The number of nitrogens with zero attached hydrogens (tertiary/aromatic N) is 2. The van der Waals surface area contributed by atoms with Crippen molar-refractivity contribution in [3.05, 3.63) is 28.6 Å². The standard InChI is InChI=1S/C11H9BrFN3O/c12-8-1-2-9-7(10(8)13)3-14-11(16-9)15-6-4-17-5-6/h1-3,6H,4-5H2,(H,14,15,16). The van der Waals surface area contributed by atoms with Crippen molar-refractivity contribution in [2.24, 2.45) is 0 Å². The number of ether oxygens (including phenoxy) is 1. The second kappa shape index (κ2) is 4.19. The Morgan fingerprint density at radius 3 is 2.94 bits per heavy atom. The van der Waals surface area contributed by atoms with Gasteiger partial charge in [0.25, 0.3) is 0 Å². The van der Waals surface area contributed by atoms with E-state index in [1.165, 1.54) is 6.20 Å². The van der Waals surface area contributed by atoms with E-state index in [4.69, 9.17) is 4.74 Å². The van der Waals surface area contributed by atoms with Crippen LogP contribution in [0.1, 0.15) is 0 Å². The molecule has 1 aliphatic rings. The average Bonchev–Trinajstić information content (AvgIpc) is 2.29. The van der Waals surface area contributed by atoms with Crippen molar-refractivity contribution >= 4 is 32.8 Å². The topological polar surface area (TPSA) is 47.0 Å². The molecule has 2 aromatic rings. The van der Waals surface area contributed by atoms with Crippen LogP contribution in [-0.2, 0) is 4.74 Å². The van der Waals surface area contributed by atoms with E-state index in [1.807, 2.05) is 0 Å². The lowest BCUT2D eigenvalue weighted by Crippen LogP contribution is -2.40. The lowest BCUT2D eigenvalue weighted by molar-refractivity contribution is 0.0208. The summed E-state index contributed by atoms with van der Waals surface area (Å²) in [5, 5.41) is 3.54. The number of rotatable bonds is 2. The third-order valence-electron chi connectivity index (χ3n) is 2.62. The molecule has 17 heavy (non-hydrogen) atoms. The largest absolute Gasteiger partial charge is 0.377 e. The Bertz CT molecular complexity index is 574. The Kier molecular flexibility index (Phi) is 2.68. The fourth-order valence-corrected chi connectivity index (χ4v) is 1.96. The van der Waals surface area contributed by atoms with Crippen LogP contribution in [0.5, 0.6) is 0 Å². The molecule has 0 amide bonds. The van der Waals surface area contributed by atoms with E-state index < -0.39 is 0 Å². The SMILES string of the molecule is Fc1c(Br)ccc2nc(NC3COC3)ncc12. The first-order valence-corrected chi connectivity index (χ1v) is 5.98. The predicted octanol–water partition coefficient (Wildman–Crippen LogP) is 2.34. The van der Waals surface area contributed by atoms with Crippen molar-refractivity contribution in [2.45, 2.75) is 6.04 Å². The average molecular weight is 298 g/mol. The molecule has 0 radical (unpaired) electrons. The molecule has 1 aromatic heterocycles. The molecule has 1 aliphatic heterocycles. The molecule has 4 nitrogen and oxygen atoms in total. The van der Waals surface area contributed by atoms with Crippen LogP contribution in [0.3, 0.4) is 0 Å². The van der Waals surface area contributed by atoms with E-state index in [0.717, 1.165) is 0 Å². The van der Waals surface area contributed by atoms with Gasteiger partial charge in [0, 0.05) is 6.20 Å². The highest BCUT2D eigenvalue weighted by Crippen LogP contribution is 2.24. The molecule has 88 valence electrons. The maximum atomic E-state index is 13.7. The third-order valence-corrected chi connectivity index (χ3v) is 3.24. The van der Waals surface area contributed by atoms with Crippen molar-refractivity contribution in [2.75, 3.05) is 18.5 Å². The van der Waals surface area contributed by atoms with Gasteiger partial charge in [-0.05, 0) is 28.1 Å². The van der Waals surface area contributed by atoms with Crippen molar-refractivity contribution in [3.8, 4) is 0 Å². The number of hydrogen-bond donors (Lipinski definition) is 1. The predicted molar refractivity (Wildman–Crippen MR) is 65.4 cm³/mol. The molecule has 0 saturated carbocycles. The van der Waals surface area contributed by atoms with E-state index in [9.17, 15) is 4.39 Å². The summed E-state index contributed by atoms with van der Waals surface area (Å²) in [5.74, 6) is 0.175. The van der Waals surface area contributed by atoms with E-state index >= 15 is 0 Å². The van der Waals surface area contributed by atoms with Gasteiger partial charge in [-0.25, -0.2) is 14.4 Å². The Hall–Kier alpha value is -1.27. The lowest BCUT2D eigenvalue weighted by Gasteiger charge is -2.26. The van der Waals surface area contributed by atoms with E-state index in [-0.39, 0.29) is 11.9 Å². The molecule has 3 rings (SSSR count). The molecule has 1 fully saturated rings. The number of anilines is 1. The zero-order chi connectivity index (χ0) is 11.8. The highest BCUT2D eigenvalue weighted by Gasteiger charge is 2.19. The van der Waals surface area contributed by atoms with Crippen LogP contribution in [0.25, 0.3) is 10.9 Å². The maximum Gasteiger partial charge on any atom is 0.223 e. The quantitative estimate of drug-likeness (QED) is 0.924. The maximum absolute atomic E-state index is 13.7. The van der Waals surface area contributed by atoms with Gasteiger partial charge in [-0.1, -0.05) is 0 Å². The lowest BCUT2D eigenvalue weighted by atomic mass is 10.2. The highest BCUT2D eigenvalue weighted by molar-refractivity contribution is 9.10. The fourth-order valence-electron chi connectivity index (χ4n) is 1.62. The molecular weight excluding hydrogens is 289 g/mol. The molecule has 1 aromatic carbocycles. The Balaban J connectivity index is 1.98. The second-order valence-electron chi connectivity index (χ2n) is 3.87. The fraction of sp³-hybridized carbons (Fsp3) is 0.273. The molecule has 0 atom stereocenters. The number of halogens is 2. The highest BCUT2D eigenvalue weighted by atomic mass is 79.9. The van der Waals surface area contributed by atoms with Crippen molar-refractivity contribution < 1.29 is 9.13 Å². The summed E-state index contributed by atoms with van der Waals surface area (Å²) in [6.45, 7) is 1.33. The van der Waals surface area contributed by atoms with Gasteiger partial charge in [0.2, 0.25) is 5.95 Å². The van der Waals surface area contributed by atoms with E-state index in [1.54, 1.807) is 12.1 Å². The minimum Gasteiger partial charge on any atom is -0.377 e. The Labute approximate surface area is 105 Å². The molecule has 0 bridgehead atoms. The van der Waals surface area contributed by atoms with Gasteiger partial charge < -0.3 is 10.1 Å². The molecule has 6 heteroatoms. The minimum atomic E-state index is -0.332. The first kappa shape index (κ1) is 10.9. The van der Waals surface area contributed by atoms with Crippen molar-refractivity contribution in [1.82, 2.24) is 9.97 Å². The van der Waals surface area contributed by atoms with Crippen LogP contribution in [0.2, 0.25) is 0 Å². The normalized spacial score (nSPS) is 15.9. The molecule has 0 spiro atoms. The molecule has 2 heterocycles. The molecule has 1 N–H and O–H groups in total. The summed E-state index contributed by atoms with van der Waals surface area (Å²) in [5.41, 5.74) is 0.587. The van der Waals surface area contributed by atoms with Gasteiger partial charge in [0.15, 0.2) is 0 Å². The van der Waals surface area contributed by atoms with Crippen LogP contribution in [0.15, 0.2) is 22.8 Å². The van der Waals surface area contributed by atoms with Gasteiger partial charge in [-0.3, -0.25) is 0 Å². The Morgan fingerprint density at radius 1 is 1.41 bits per heavy atom. The molecule has 1 saturated heterocycles. The number of fused-ring (bicyclic) bond motifs is 1. The number of nitrogens with one attached hydrogen (secondary N) is 1.